The third-order valence-electron chi connectivity index (χ3n) is 3.92. The van der Waals surface area contributed by atoms with E-state index in [0.29, 0.717) is 0 Å². The van der Waals surface area contributed by atoms with Crippen molar-refractivity contribution in [1.82, 2.24) is 5.32 Å². The zero-order chi connectivity index (χ0) is 13.2. The SMILES string of the molecule is COc1ccccc1-c1ccc(C)c2c1CNCC2. The molecule has 0 saturated carbocycles. The second-order valence-corrected chi connectivity index (χ2v) is 5.01. The second-order valence-electron chi connectivity index (χ2n) is 5.01. The Balaban J connectivity index is 2.20. The van der Waals surface area contributed by atoms with Gasteiger partial charge in [-0.2, -0.15) is 0 Å². The van der Waals surface area contributed by atoms with Crippen LogP contribution in [0.5, 0.6) is 5.75 Å². The van der Waals surface area contributed by atoms with E-state index in [-0.39, 0.29) is 0 Å². The van der Waals surface area contributed by atoms with Gasteiger partial charge in [0.05, 0.1) is 7.11 Å². The molecule has 19 heavy (non-hydrogen) atoms. The van der Waals surface area contributed by atoms with Crippen molar-refractivity contribution in [2.75, 3.05) is 13.7 Å². The summed E-state index contributed by atoms with van der Waals surface area (Å²) in [5.74, 6) is 0.944. The number of fused-ring (bicyclic) bond motifs is 1. The Kier molecular flexibility index (Phi) is 3.26. The summed E-state index contributed by atoms with van der Waals surface area (Å²) in [5.41, 5.74) is 6.81. The van der Waals surface area contributed by atoms with Gasteiger partial charge < -0.3 is 10.1 Å². The van der Waals surface area contributed by atoms with E-state index in [9.17, 15) is 0 Å². The minimum absolute atomic E-state index is 0.944. The Hall–Kier alpha value is -1.80. The summed E-state index contributed by atoms with van der Waals surface area (Å²) in [6.07, 6.45) is 1.12. The first-order chi connectivity index (χ1) is 9.31. The molecule has 0 unspecified atom stereocenters. The molecule has 1 N–H and O–H groups in total. The van der Waals surface area contributed by atoms with Gasteiger partial charge in [0.15, 0.2) is 0 Å². The number of hydrogen-bond acceptors (Lipinski definition) is 2. The van der Waals surface area contributed by atoms with Crippen LogP contribution in [0.15, 0.2) is 36.4 Å². The van der Waals surface area contributed by atoms with Crippen molar-refractivity contribution in [1.29, 1.82) is 0 Å². The fourth-order valence-electron chi connectivity index (χ4n) is 2.91. The van der Waals surface area contributed by atoms with Crippen molar-refractivity contribution in [3.05, 3.63) is 53.1 Å². The predicted molar refractivity (Wildman–Crippen MR) is 78.6 cm³/mol. The quantitative estimate of drug-likeness (QED) is 0.886. The highest BCUT2D eigenvalue weighted by atomic mass is 16.5. The average Bonchev–Trinajstić information content (AvgIpc) is 2.48. The zero-order valence-corrected chi connectivity index (χ0v) is 11.5. The lowest BCUT2D eigenvalue weighted by molar-refractivity contribution is 0.416. The number of benzene rings is 2. The first kappa shape index (κ1) is 12.2. The van der Waals surface area contributed by atoms with Gasteiger partial charge in [-0.05, 0) is 48.2 Å². The summed E-state index contributed by atoms with van der Waals surface area (Å²) in [5, 5.41) is 3.47. The van der Waals surface area contributed by atoms with E-state index in [1.807, 2.05) is 12.1 Å². The summed E-state index contributed by atoms with van der Waals surface area (Å²) in [6.45, 7) is 4.23. The molecular formula is C17H19NO. The molecule has 2 aromatic rings. The lowest BCUT2D eigenvalue weighted by Gasteiger charge is -2.23. The van der Waals surface area contributed by atoms with Gasteiger partial charge in [-0.3, -0.25) is 0 Å². The number of methoxy groups -OCH3 is 1. The lowest BCUT2D eigenvalue weighted by Crippen LogP contribution is -2.25. The first-order valence-electron chi connectivity index (χ1n) is 6.76. The van der Waals surface area contributed by atoms with E-state index in [1.54, 1.807) is 7.11 Å². The van der Waals surface area contributed by atoms with Crippen LogP contribution in [0.4, 0.5) is 0 Å². The van der Waals surface area contributed by atoms with Crippen LogP contribution in [0.1, 0.15) is 16.7 Å². The molecule has 0 amide bonds. The normalized spacial score (nSPS) is 14.0. The summed E-state index contributed by atoms with van der Waals surface area (Å²) in [7, 11) is 1.73. The van der Waals surface area contributed by atoms with E-state index in [1.165, 1.54) is 27.8 Å². The van der Waals surface area contributed by atoms with Crippen molar-refractivity contribution in [3.63, 3.8) is 0 Å². The minimum atomic E-state index is 0.944. The van der Waals surface area contributed by atoms with Crippen LogP contribution >= 0.6 is 0 Å². The van der Waals surface area contributed by atoms with Crippen molar-refractivity contribution in [2.24, 2.45) is 0 Å². The highest BCUT2D eigenvalue weighted by molar-refractivity contribution is 5.75. The smallest absolute Gasteiger partial charge is 0.126 e. The number of para-hydroxylation sites is 1. The Labute approximate surface area is 114 Å². The van der Waals surface area contributed by atoms with Crippen LogP contribution in [0.2, 0.25) is 0 Å². The molecule has 0 spiro atoms. The van der Waals surface area contributed by atoms with Gasteiger partial charge >= 0.3 is 0 Å². The molecule has 1 aliphatic rings. The second kappa shape index (κ2) is 5.06. The Morgan fingerprint density at radius 2 is 1.84 bits per heavy atom. The Morgan fingerprint density at radius 3 is 2.68 bits per heavy atom. The molecule has 3 rings (SSSR count). The molecular weight excluding hydrogens is 234 g/mol. The van der Waals surface area contributed by atoms with Crippen molar-refractivity contribution < 1.29 is 4.74 Å². The molecule has 0 fully saturated rings. The summed E-state index contributed by atoms with van der Waals surface area (Å²) >= 11 is 0. The highest BCUT2D eigenvalue weighted by Crippen LogP contribution is 2.35. The number of hydrogen-bond donors (Lipinski definition) is 1. The fraction of sp³-hybridized carbons (Fsp3) is 0.294. The molecule has 0 radical (unpaired) electrons. The highest BCUT2D eigenvalue weighted by Gasteiger charge is 2.17. The van der Waals surface area contributed by atoms with Crippen molar-refractivity contribution in [2.45, 2.75) is 19.9 Å². The Bertz CT molecular complexity index is 604. The average molecular weight is 253 g/mol. The van der Waals surface area contributed by atoms with E-state index in [4.69, 9.17) is 4.74 Å². The van der Waals surface area contributed by atoms with Gasteiger partial charge in [-0.25, -0.2) is 0 Å². The monoisotopic (exact) mass is 253 g/mol. The van der Waals surface area contributed by atoms with Gasteiger partial charge in [0.2, 0.25) is 0 Å². The van der Waals surface area contributed by atoms with Crippen molar-refractivity contribution in [3.8, 4) is 16.9 Å². The predicted octanol–water partition coefficient (Wildman–Crippen LogP) is 3.32. The maximum absolute atomic E-state index is 5.50. The molecule has 0 aliphatic carbocycles. The van der Waals surface area contributed by atoms with Crippen LogP contribution in [0.3, 0.4) is 0 Å². The Morgan fingerprint density at radius 1 is 1.00 bits per heavy atom. The maximum Gasteiger partial charge on any atom is 0.126 e. The van der Waals surface area contributed by atoms with E-state index in [2.05, 4.69) is 36.5 Å². The number of aryl methyl sites for hydroxylation is 1. The van der Waals surface area contributed by atoms with Crippen LogP contribution in [-0.2, 0) is 13.0 Å². The van der Waals surface area contributed by atoms with Gasteiger partial charge in [0.25, 0.3) is 0 Å². The molecule has 1 aliphatic heterocycles. The molecule has 0 aromatic heterocycles. The van der Waals surface area contributed by atoms with Gasteiger partial charge in [-0.1, -0.05) is 30.3 Å². The van der Waals surface area contributed by atoms with Crippen LogP contribution in [0, 0.1) is 6.92 Å². The van der Waals surface area contributed by atoms with Gasteiger partial charge in [-0.15, -0.1) is 0 Å². The van der Waals surface area contributed by atoms with E-state index in [0.717, 1.165) is 25.3 Å². The largest absolute Gasteiger partial charge is 0.496 e. The topological polar surface area (TPSA) is 21.3 Å². The molecule has 1 heterocycles. The molecule has 2 heteroatoms. The molecule has 98 valence electrons. The third kappa shape index (κ3) is 2.13. The summed E-state index contributed by atoms with van der Waals surface area (Å²) in [4.78, 5) is 0. The third-order valence-corrected chi connectivity index (χ3v) is 3.92. The van der Waals surface area contributed by atoms with Crippen LogP contribution in [-0.4, -0.2) is 13.7 Å². The number of rotatable bonds is 2. The van der Waals surface area contributed by atoms with E-state index < -0.39 is 0 Å². The molecule has 0 saturated heterocycles. The number of nitrogens with one attached hydrogen (secondary N) is 1. The summed E-state index contributed by atoms with van der Waals surface area (Å²) in [6, 6.07) is 12.7. The van der Waals surface area contributed by atoms with Gasteiger partial charge in [0.1, 0.15) is 5.75 Å². The number of ether oxygens (including phenoxy) is 1. The molecule has 0 atom stereocenters. The lowest BCUT2D eigenvalue weighted by atomic mass is 9.88. The maximum atomic E-state index is 5.50. The minimum Gasteiger partial charge on any atom is -0.496 e. The fourth-order valence-corrected chi connectivity index (χ4v) is 2.91. The zero-order valence-electron chi connectivity index (χ0n) is 11.5. The standard InChI is InChI=1S/C17H19NO/c1-12-7-8-14(16-11-18-10-9-13(12)16)15-5-3-4-6-17(15)19-2/h3-8,18H,9-11H2,1-2H3. The first-order valence-corrected chi connectivity index (χ1v) is 6.76. The van der Waals surface area contributed by atoms with E-state index >= 15 is 0 Å². The van der Waals surface area contributed by atoms with Crippen LogP contribution < -0.4 is 10.1 Å². The molecule has 2 aromatic carbocycles. The van der Waals surface area contributed by atoms with Crippen molar-refractivity contribution >= 4 is 0 Å². The van der Waals surface area contributed by atoms with Crippen LogP contribution in [0.25, 0.3) is 11.1 Å². The molecule has 0 bridgehead atoms. The molecule has 2 nitrogen and oxygen atoms in total. The summed E-state index contributed by atoms with van der Waals surface area (Å²) < 4.78 is 5.50. The van der Waals surface area contributed by atoms with Gasteiger partial charge in [0, 0.05) is 12.1 Å².